The first-order chi connectivity index (χ1) is 9.28. The van der Waals surface area contributed by atoms with Gasteiger partial charge in [0.1, 0.15) is 0 Å². The molecular formula is C15H28N2O3. The number of hydrogen-bond donors (Lipinski definition) is 3. The summed E-state index contributed by atoms with van der Waals surface area (Å²) in [4.78, 5) is 22.4. The van der Waals surface area contributed by atoms with Gasteiger partial charge in [0.25, 0.3) is 0 Å². The zero-order valence-corrected chi connectivity index (χ0v) is 12.9. The summed E-state index contributed by atoms with van der Waals surface area (Å²) >= 11 is 0. The smallest absolute Gasteiger partial charge is 0.315 e. The molecule has 0 radical (unpaired) electrons. The molecule has 2 amide bonds. The van der Waals surface area contributed by atoms with Gasteiger partial charge >= 0.3 is 12.0 Å². The molecule has 0 saturated heterocycles. The van der Waals surface area contributed by atoms with Gasteiger partial charge < -0.3 is 15.7 Å². The average molecular weight is 284 g/mol. The maximum atomic E-state index is 11.8. The number of carboxylic acids is 1. The third-order valence-corrected chi connectivity index (χ3v) is 4.10. The van der Waals surface area contributed by atoms with Gasteiger partial charge in [-0.25, -0.2) is 4.79 Å². The summed E-state index contributed by atoms with van der Waals surface area (Å²) in [5.74, 6) is 0.561. The highest BCUT2D eigenvalue weighted by Crippen LogP contribution is 2.27. The van der Waals surface area contributed by atoms with Gasteiger partial charge in [0.2, 0.25) is 0 Å². The molecule has 0 aliphatic heterocycles. The minimum absolute atomic E-state index is 0.0633. The van der Waals surface area contributed by atoms with Crippen LogP contribution in [0.5, 0.6) is 0 Å². The fraction of sp³-hybridized carbons (Fsp3) is 0.867. The van der Waals surface area contributed by atoms with Crippen LogP contribution in [0.25, 0.3) is 0 Å². The second kappa shape index (κ2) is 7.50. The highest BCUT2D eigenvalue weighted by atomic mass is 16.4. The number of rotatable bonds is 6. The second-order valence-electron chi connectivity index (χ2n) is 6.74. The van der Waals surface area contributed by atoms with Gasteiger partial charge in [-0.3, -0.25) is 4.79 Å². The largest absolute Gasteiger partial charge is 0.481 e. The van der Waals surface area contributed by atoms with Crippen LogP contribution in [0, 0.1) is 11.8 Å². The molecule has 1 rings (SSSR count). The van der Waals surface area contributed by atoms with E-state index in [9.17, 15) is 9.59 Å². The Hall–Kier alpha value is -1.26. The van der Waals surface area contributed by atoms with E-state index < -0.39 is 11.5 Å². The van der Waals surface area contributed by atoms with E-state index in [1.807, 2.05) is 13.8 Å². The Morgan fingerprint density at radius 1 is 1.20 bits per heavy atom. The van der Waals surface area contributed by atoms with Crippen molar-refractivity contribution in [3.05, 3.63) is 0 Å². The molecule has 0 aromatic rings. The van der Waals surface area contributed by atoms with Gasteiger partial charge in [-0.2, -0.15) is 0 Å². The molecule has 116 valence electrons. The van der Waals surface area contributed by atoms with E-state index in [-0.39, 0.29) is 12.5 Å². The standard InChI is InChI=1S/C15H28N2O3/c1-11-4-6-12(7-5-11)10-16-14(20)17-15(2,3)9-8-13(18)19/h11-12H,4-10H2,1-3H3,(H,18,19)(H2,16,17,20). The van der Waals surface area contributed by atoms with Crippen LogP contribution in [0.2, 0.25) is 0 Å². The lowest BCUT2D eigenvalue weighted by molar-refractivity contribution is -0.137. The number of urea groups is 1. The highest BCUT2D eigenvalue weighted by Gasteiger charge is 2.23. The van der Waals surface area contributed by atoms with Gasteiger partial charge in [-0.15, -0.1) is 0 Å². The van der Waals surface area contributed by atoms with E-state index >= 15 is 0 Å². The van der Waals surface area contributed by atoms with E-state index in [1.54, 1.807) is 0 Å². The first-order valence-corrected chi connectivity index (χ1v) is 7.56. The zero-order chi connectivity index (χ0) is 15.2. The Balaban J connectivity index is 2.23. The first kappa shape index (κ1) is 16.8. The minimum Gasteiger partial charge on any atom is -0.481 e. The molecule has 0 aromatic heterocycles. The Labute approximate surface area is 121 Å². The third kappa shape index (κ3) is 6.78. The maximum Gasteiger partial charge on any atom is 0.315 e. The lowest BCUT2D eigenvalue weighted by atomic mass is 9.83. The summed E-state index contributed by atoms with van der Waals surface area (Å²) in [6, 6.07) is -0.195. The molecule has 20 heavy (non-hydrogen) atoms. The van der Waals surface area contributed by atoms with Gasteiger partial charge in [-0.1, -0.05) is 19.8 Å². The van der Waals surface area contributed by atoms with Crippen LogP contribution < -0.4 is 10.6 Å². The number of nitrogens with one attached hydrogen (secondary N) is 2. The summed E-state index contributed by atoms with van der Waals surface area (Å²) in [6.07, 6.45) is 5.36. The van der Waals surface area contributed by atoms with Crippen LogP contribution in [0.3, 0.4) is 0 Å². The van der Waals surface area contributed by atoms with Crippen molar-refractivity contribution in [2.45, 2.75) is 64.8 Å². The van der Waals surface area contributed by atoms with Crippen molar-refractivity contribution in [1.29, 1.82) is 0 Å². The molecule has 5 nitrogen and oxygen atoms in total. The number of carbonyl (C=O) groups excluding carboxylic acids is 1. The van der Waals surface area contributed by atoms with Crippen molar-refractivity contribution in [1.82, 2.24) is 10.6 Å². The van der Waals surface area contributed by atoms with Crippen LogP contribution in [-0.2, 0) is 4.79 Å². The SMILES string of the molecule is CC1CCC(CNC(=O)NC(C)(C)CCC(=O)O)CC1. The van der Waals surface area contributed by atoms with E-state index in [0.29, 0.717) is 18.9 Å². The summed E-state index contributed by atoms with van der Waals surface area (Å²) in [5, 5.41) is 14.4. The fourth-order valence-corrected chi connectivity index (χ4v) is 2.60. The van der Waals surface area contributed by atoms with E-state index in [4.69, 9.17) is 5.11 Å². The Morgan fingerprint density at radius 2 is 1.80 bits per heavy atom. The van der Waals surface area contributed by atoms with Crippen molar-refractivity contribution < 1.29 is 14.7 Å². The predicted molar refractivity (Wildman–Crippen MR) is 78.6 cm³/mol. The molecule has 1 aliphatic rings. The molecule has 0 unspecified atom stereocenters. The van der Waals surface area contributed by atoms with Crippen LogP contribution in [0.1, 0.15) is 59.3 Å². The van der Waals surface area contributed by atoms with Crippen molar-refractivity contribution in [2.75, 3.05) is 6.54 Å². The second-order valence-corrected chi connectivity index (χ2v) is 6.74. The van der Waals surface area contributed by atoms with Crippen molar-refractivity contribution in [3.63, 3.8) is 0 Å². The third-order valence-electron chi connectivity index (χ3n) is 4.10. The maximum absolute atomic E-state index is 11.8. The van der Waals surface area contributed by atoms with E-state index in [1.165, 1.54) is 25.7 Å². The number of amides is 2. The van der Waals surface area contributed by atoms with Gasteiger partial charge in [0.05, 0.1) is 0 Å². The molecule has 0 bridgehead atoms. The fourth-order valence-electron chi connectivity index (χ4n) is 2.60. The number of carbonyl (C=O) groups is 2. The molecule has 0 aromatic carbocycles. The van der Waals surface area contributed by atoms with Crippen LogP contribution in [0.4, 0.5) is 4.79 Å². The quantitative estimate of drug-likeness (QED) is 0.701. The summed E-state index contributed by atoms with van der Waals surface area (Å²) < 4.78 is 0. The first-order valence-electron chi connectivity index (χ1n) is 7.56. The van der Waals surface area contributed by atoms with Gasteiger partial charge in [-0.05, 0) is 44.9 Å². The Bertz CT molecular complexity index is 334. The molecular weight excluding hydrogens is 256 g/mol. The number of hydrogen-bond acceptors (Lipinski definition) is 2. The predicted octanol–water partition coefficient (Wildman–Crippen LogP) is 2.76. The summed E-state index contributed by atoms with van der Waals surface area (Å²) in [6.45, 7) is 6.69. The average Bonchev–Trinajstić information content (AvgIpc) is 2.35. The minimum atomic E-state index is -0.836. The topological polar surface area (TPSA) is 78.4 Å². The summed E-state index contributed by atoms with van der Waals surface area (Å²) in [5.41, 5.74) is -0.496. The Morgan fingerprint density at radius 3 is 2.35 bits per heavy atom. The van der Waals surface area contributed by atoms with Gasteiger partial charge in [0, 0.05) is 18.5 Å². The normalized spacial score (nSPS) is 23.1. The van der Waals surface area contributed by atoms with E-state index in [0.717, 1.165) is 5.92 Å². The molecule has 1 fully saturated rings. The van der Waals surface area contributed by atoms with Crippen LogP contribution >= 0.6 is 0 Å². The van der Waals surface area contributed by atoms with Crippen LogP contribution in [0.15, 0.2) is 0 Å². The molecule has 5 heteroatoms. The number of aliphatic carboxylic acids is 1. The molecule has 0 atom stereocenters. The Kier molecular flexibility index (Phi) is 6.30. The lowest BCUT2D eigenvalue weighted by Crippen LogP contribution is -2.49. The molecule has 0 spiro atoms. The lowest BCUT2D eigenvalue weighted by Gasteiger charge is -2.28. The van der Waals surface area contributed by atoms with Crippen molar-refractivity contribution in [3.8, 4) is 0 Å². The monoisotopic (exact) mass is 284 g/mol. The van der Waals surface area contributed by atoms with E-state index in [2.05, 4.69) is 17.6 Å². The zero-order valence-electron chi connectivity index (χ0n) is 12.9. The molecule has 1 saturated carbocycles. The van der Waals surface area contributed by atoms with Gasteiger partial charge in [0.15, 0.2) is 0 Å². The molecule has 1 aliphatic carbocycles. The highest BCUT2D eigenvalue weighted by molar-refractivity contribution is 5.74. The summed E-state index contributed by atoms with van der Waals surface area (Å²) in [7, 11) is 0. The van der Waals surface area contributed by atoms with Crippen molar-refractivity contribution >= 4 is 12.0 Å². The van der Waals surface area contributed by atoms with Crippen LogP contribution in [-0.4, -0.2) is 29.2 Å². The number of carboxylic acid groups (broad SMARTS) is 1. The molecule has 0 heterocycles. The molecule has 3 N–H and O–H groups in total. The van der Waals surface area contributed by atoms with Crippen molar-refractivity contribution in [2.24, 2.45) is 11.8 Å².